The largest absolute Gasteiger partial charge is 0.339 e. The van der Waals surface area contributed by atoms with Gasteiger partial charge in [-0.25, -0.2) is 4.52 Å². The summed E-state index contributed by atoms with van der Waals surface area (Å²) in [7, 11) is 0. The Bertz CT molecular complexity index is 634. The van der Waals surface area contributed by atoms with E-state index in [1.54, 1.807) is 0 Å². The Labute approximate surface area is 118 Å². The third-order valence-electron chi connectivity index (χ3n) is 4.92. The second-order valence-electron chi connectivity index (χ2n) is 6.37. The molecule has 0 bridgehead atoms. The zero-order valence-corrected chi connectivity index (χ0v) is 11.9. The van der Waals surface area contributed by atoms with Crippen molar-refractivity contribution >= 4 is 11.6 Å². The van der Waals surface area contributed by atoms with Crippen LogP contribution >= 0.6 is 0 Å². The van der Waals surface area contributed by atoms with Gasteiger partial charge in [-0.3, -0.25) is 0 Å². The maximum absolute atomic E-state index is 6.10. The van der Waals surface area contributed by atoms with Gasteiger partial charge in [-0.2, -0.15) is 4.98 Å². The van der Waals surface area contributed by atoms with E-state index in [4.69, 9.17) is 10.7 Å². The van der Waals surface area contributed by atoms with Gasteiger partial charge in [0, 0.05) is 25.3 Å². The lowest BCUT2D eigenvalue weighted by Crippen LogP contribution is -2.32. The molecule has 3 heterocycles. The van der Waals surface area contributed by atoms with E-state index in [1.807, 2.05) is 16.8 Å². The molecule has 0 aromatic carbocycles. The van der Waals surface area contributed by atoms with Crippen LogP contribution < -0.4 is 10.6 Å². The fourth-order valence-electron chi connectivity index (χ4n) is 3.79. The normalized spacial score (nSPS) is 29.9. The van der Waals surface area contributed by atoms with Gasteiger partial charge in [-0.1, -0.05) is 6.07 Å². The van der Waals surface area contributed by atoms with E-state index >= 15 is 0 Å². The van der Waals surface area contributed by atoms with E-state index in [0.29, 0.717) is 6.04 Å². The lowest BCUT2D eigenvalue weighted by atomic mass is 9.79. The molecule has 4 rings (SSSR count). The molecular weight excluding hydrogens is 250 g/mol. The predicted octanol–water partition coefficient (Wildman–Crippen LogP) is 1.60. The van der Waals surface area contributed by atoms with Gasteiger partial charge in [0.15, 0.2) is 5.65 Å². The summed E-state index contributed by atoms with van der Waals surface area (Å²) < 4.78 is 1.89. The number of nitrogens with zero attached hydrogens (tertiary/aromatic N) is 4. The average Bonchev–Trinajstić information content (AvgIpc) is 3.01. The first-order valence-electron chi connectivity index (χ1n) is 7.53. The van der Waals surface area contributed by atoms with Crippen molar-refractivity contribution in [3.8, 4) is 0 Å². The van der Waals surface area contributed by atoms with Crippen molar-refractivity contribution in [1.82, 2.24) is 14.6 Å². The van der Waals surface area contributed by atoms with Crippen LogP contribution in [-0.2, 0) is 0 Å². The molecule has 2 aromatic heterocycles. The van der Waals surface area contributed by atoms with Gasteiger partial charge in [0.1, 0.15) is 0 Å². The molecule has 1 unspecified atom stereocenters. The summed E-state index contributed by atoms with van der Waals surface area (Å²) in [5, 5.41) is 4.63. The van der Waals surface area contributed by atoms with Crippen molar-refractivity contribution in [3.05, 3.63) is 23.9 Å². The van der Waals surface area contributed by atoms with Crippen molar-refractivity contribution < 1.29 is 0 Å². The Kier molecular flexibility index (Phi) is 2.70. The quantitative estimate of drug-likeness (QED) is 0.856. The van der Waals surface area contributed by atoms with Crippen molar-refractivity contribution in [2.75, 3.05) is 18.0 Å². The molecule has 0 spiro atoms. The SMILES string of the molecule is Cc1cccn2nc(N3C[C@H]4CCC(N)C[C@H]4C3)nc12. The maximum atomic E-state index is 6.10. The lowest BCUT2D eigenvalue weighted by Gasteiger charge is -2.27. The minimum absolute atomic E-state index is 0.396. The average molecular weight is 271 g/mol. The van der Waals surface area contributed by atoms with Crippen molar-refractivity contribution in [2.24, 2.45) is 17.6 Å². The van der Waals surface area contributed by atoms with E-state index in [2.05, 4.69) is 23.0 Å². The molecular formula is C15H21N5. The summed E-state index contributed by atoms with van der Waals surface area (Å²) in [5.41, 5.74) is 8.24. The van der Waals surface area contributed by atoms with Crippen LogP contribution in [0, 0.1) is 18.8 Å². The fourth-order valence-corrected chi connectivity index (χ4v) is 3.79. The summed E-state index contributed by atoms with van der Waals surface area (Å²) in [5.74, 6) is 2.39. The molecule has 5 nitrogen and oxygen atoms in total. The number of aromatic nitrogens is 3. The van der Waals surface area contributed by atoms with Crippen LogP contribution in [0.25, 0.3) is 5.65 Å². The molecule has 106 valence electrons. The minimum atomic E-state index is 0.396. The van der Waals surface area contributed by atoms with Crippen molar-refractivity contribution in [3.63, 3.8) is 0 Å². The van der Waals surface area contributed by atoms with Gasteiger partial charge in [0.25, 0.3) is 0 Å². The van der Waals surface area contributed by atoms with Gasteiger partial charge < -0.3 is 10.6 Å². The highest BCUT2D eigenvalue weighted by Gasteiger charge is 2.38. The molecule has 0 amide bonds. The second-order valence-corrected chi connectivity index (χ2v) is 6.37. The number of anilines is 1. The summed E-state index contributed by atoms with van der Waals surface area (Å²) in [6, 6.07) is 4.49. The molecule has 2 fully saturated rings. The topological polar surface area (TPSA) is 59.5 Å². The summed E-state index contributed by atoms with van der Waals surface area (Å²) >= 11 is 0. The van der Waals surface area contributed by atoms with Gasteiger partial charge in [-0.05, 0) is 49.7 Å². The second kappa shape index (κ2) is 4.45. The number of rotatable bonds is 1. The summed E-state index contributed by atoms with van der Waals surface area (Å²) in [4.78, 5) is 7.06. The third kappa shape index (κ3) is 1.88. The van der Waals surface area contributed by atoms with Crippen LogP contribution in [0.15, 0.2) is 18.3 Å². The molecule has 5 heteroatoms. The van der Waals surface area contributed by atoms with E-state index in [-0.39, 0.29) is 0 Å². The van der Waals surface area contributed by atoms with E-state index in [9.17, 15) is 0 Å². The Morgan fingerprint density at radius 2 is 2.10 bits per heavy atom. The molecule has 1 saturated carbocycles. The Balaban J connectivity index is 1.62. The van der Waals surface area contributed by atoms with Crippen molar-refractivity contribution in [2.45, 2.75) is 32.2 Å². The van der Waals surface area contributed by atoms with E-state index < -0.39 is 0 Å². The highest BCUT2D eigenvalue weighted by molar-refractivity contribution is 5.51. The van der Waals surface area contributed by atoms with Crippen LogP contribution in [0.2, 0.25) is 0 Å². The minimum Gasteiger partial charge on any atom is -0.339 e. The van der Waals surface area contributed by atoms with Crippen LogP contribution in [0.3, 0.4) is 0 Å². The summed E-state index contributed by atoms with van der Waals surface area (Å²) in [6.07, 6.45) is 5.56. The Morgan fingerprint density at radius 1 is 1.25 bits per heavy atom. The van der Waals surface area contributed by atoms with Gasteiger partial charge in [-0.15, -0.1) is 5.10 Å². The van der Waals surface area contributed by atoms with Crippen LogP contribution in [-0.4, -0.2) is 33.7 Å². The first-order valence-corrected chi connectivity index (χ1v) is 7.53. The first-order chi connectivity index (χ1) is 9.70. The molecule has 1 aliphatic carbocycles. The zero-order chi connectivity index (χ0) is 13.7. The lowest BCUT2D eigenvalue weighted by molar-refractivity contribution is 0.271. The first kappa shape index (κ1) is 12.1. The van der Waals surface area contributed by atoms with Crippen LogP contribution in [0.4, 0.5) is 5.95 Å². The zero-order valence-electron chi connectivity index (χ0n) is 11.9. The molecule has 20 heavy (non-hydrogen) atoms. The smallest absolute Gasteiger partial charge is 0.245 e. The Morgan fingerprint density at radius 3 is 2.95 bits per heavy atom. The number of pyridine rings is 1. The van der Waals surface area contributed by atoms with Gasteiger partial charge >= 0.3 is 0 Å². The van der Waals surface area contributed by atoms with Crippen molar-refractivity contribution in [1.29, 1.82) is 0 Å². The molecule has 2 N–H and O–H groups in total. The molecule has 2 aromatic rings. The number of hydrogen-bond acceptors (Lipinski definition) is 4. The third-order valence-corrected chi connectivity index (χ3v) is 4.92. The van der Waals surface area contributed by atoms with E-state index in [0.717, 1.165) is 42.9 Å². The molecule has 0 radical (unpaired) electrons. The summed E-state index contributed by atoms with van der Waals surface area (Å²) in [6.45, 7) is 4.23. The highest BCUT2D eigenvalue weighted by Crippen LogP contribution is 2.36. The van der Waals surface area contributed by atoms with Crippen LogP contribution in [0.1, 0.15) is 24.8 Å². The predicted molar refractivity (Wildman–Crippen MR) is 78.7 cm³/mol. The van der Waals surface area contributed by atoms with Crippen LogP contribution in [0.5, 0.6) is 0 Å². The number of nitrogens with two attached hydrogens (primary N) is 1. The molecule has 1 saturated heterocycles. The van der Waals surface area contributed by atoms with Gasteiger partial charge in [0.05, 0.1) is 0 Å². The number of aryl methyl sites for hydroxylation is 1. The maximum Gasteiger partial charge on any atom is 0.245 e. The number of hydrogen-bond donors (Lipinski definition) is 1. The molecule has 1 aliphatic heterocycles. The standard InChI is InChI=1S/C15H21N5/c1-10-3-2-6-20-14(10)17-15(18-20)19-8-11-4-5-13(16)7-12(11)9-19/h2-3,6,11-13H,4-5,7-9,16H2,1H3/t11-,12+,13?/m1/s1. The van der Waals surface area contributed by atoms with Gasteiger partial charge in [0.2, 0.25) is 5.95 Å². The highest BCUT2D eigenvalue weighted by atomic mass is 15.4. The monoisotopic (exact) mass is 271 g/mol. The Hall–Kier alpha value is -1.62. The van der Waals surface area contributed by atoms with E-state index in [1.165, 1.54) is 18.4 Å². The fraction of sp³-hybridized carbons (Fsp3) is 0.600. The molecule has 2 aliphatic rings. The molecule has 3 atom stereocenters. The number of fused-ring (bicyclic) bond motifs is 2.